The number of hydrogen-bond acceptors (Lipinski definition) is 14. The quantitative estimate of drug-likeness (QED) is 0.0637. The Morgan fingerprint density at radius 2 is 1.48 bits per heavy atom. The van der Waals surface area contributed by atoms with Crippen molar-refractivity contribution in [3.63, 3.8) is 0 Å². The number of ether oxygens (including phenoxy) is 7. The first-order chi connectivity index (χ1) is 32.3. The second kappa shape index (κ2) is 27.6. The number of carbonyl (C=O) groups is 5. The van der Waals surface area contributed by atoms with E-state index < -0.39 is 35.8 Å². The first-order valence-corrected chi connectivity index (χ1v) is 24.2. The van der Waals surface area contributed by atoms with Crippen molar-refractivity contribution in [2.24, 2.45) is 5.92 Å². The van der Waals surface area contributed by atoms with Gasteiger partial charge in [-0.15, -0.1) is 11.3 Å². The molecule has 1 saturated carbocycles. The largest absolute Gasteiger partial charge is 0.491 e. The van der Waals surface area contributed by atoms with E-state index in [1.54, 1.807) is 57.3 Å². The number of likely N-dealkylation sites (tertiary alicyclic amines) is 1. The molecule has 4 amide bonds. The minimum Gasteiger partial charge on any atom is -0.491 e. The van der Waals surface area contributed by atoms with E-state index in [0.29, 0.717) is 88.7 Å². The van der Waals surface area contributed by atoms with E-state index in [1.165, 1.54) is 23.3 Å². The molecule has 18 heteroatoms. The predicted molar refractivity (Wildman–Crippen MR) is 251 cm³/mol. The molecule has 1 aliphatic heterocycles. The Bertz CT molecular complexity index is 2010. The topological polar surface area (TPSA) is 193 Å². The highest BCUT2D eigenvalue weighted by Crippen LogP contribution is 2.37. The molecule has 17 nitrogen and oxygen atoms in total. The van der Waals surface area contributed by atoms with Gasteiger partial charge in [0.15, 0.2) is 0 Å². The molecule has 2 aromatic carbocycles. The maximum atomic E-state index is 14.5. The van der Waals surface area contributed by atoms with Crippen LogP contribution < -0.4 is 15.4 Å². The summed E-state index contributed by atoms with van der Waals surface area (Å²) in [6.45, 7) is 11.4. The van der Waals surface area contributed by atoms with Gasteiger partial charge < -0.3 is 48.7 Å². The van der Waals surface area contributed by atoms with Gasteiger partial charge in [-0.05, 0) is 77.0 Å². The maximum Gasteiger partial charge on any atom is 0.410 e. The number of alkyl carbamates (subject to hydrolysis) is 1. The van der Waals surface area contributed by atoms with Crippen LogP contribution in [0.4, 0.5) is 9.59 Å². The van der Waals surface area contributed by atoms with Gasteiger partial charge in [0, 0.05) is 31.1 Å². The number of nitrogens with zero attached hydrogens (tertiary/aromatic N) is 3. The summed E-state index contributed by atoms with van der Waals surface area (Å²) >= 11 is 1.35. The molecular weight excluding hydrogens is 883 g/mol. The monoisotopic (exact) mass is 951 g/mol. The molecule has 0 spiro atoms. The SMILES string of the molecule is C[C@@H](C(=O)N[C@H](C(=O)N1CCC[C@H]1c1nc(C(=O)c2cccc(OCCOCCOCCOCCOCCNC(=O)OC(C)(C)C)c2)cs1)C1CCCCC1)N(C)C(=O)OCc1ccccc1. The van der Waals surface area contributed by atoms with Gasteiger partial charge in [-0.1, -0.05) is 61.7 Å². The molecule has 2 fully saturated rings. The number of likely N-dealkylation sites (N-methyl/N-ethyl adjacent to an activating group) is 1. The van der Waals surface area contributed by atoms with Gasteiger partial charge in [-0.3, -0.25) is 19.3 Å². The van der Waals surface area contributed by atoms with Crippen LogP contribution in [0, 0.1) is 5.92 Å². The lowest BCUT2D eigenvalue weighted by Gasteiger charge is -2.35. The molecule has 0 unspecified atom stereocenters. The van der Waals surface area contributed by atoms with Gasteiger partial charge in [-0.25, -0.2) is 14.6 Å². The molecule has 67 heavy (non-hydrogen) atoms. The summed E-state index contributed by atoms with van der Waals surface area (Å²) in [4.78, 5) is 74.2. The summed E-state index contributed by atoms with van der Waals surface area (Å²) in [5, 5.41) is 8.08. The molecule has 2 N–H and O–H groups in total. The Morgan fingerprint density at radius 3 is 2.15 bits per heavy atom. The molecule has 1 aliphatic carbocycles. The zero-order chi connectivity index (χ0) is 48.0. The summed E-state index contributed by atoms with van der Waals surface area (Å²) in [7, 11) is 1.52. The molecule has 2 heterocycles. The van der Waals surface area contributed by atoms with Crippen LogP contribution in [0.15, 0.2) is 60.0 Å². The molecule has 0 bridgehead atoms. The van der Waals surface area contributed by atoms with Crippen molar-refractivity contribution in [1.82, 2.24) is 25.4 Å². The molecule has 5 rings (SSSR count). The van der Waals surface area contributed by atoms with Crippen LogP contribution in [0.3, 0.4) is 0 Å². The zero-order valence-electron chi connectivity index (χ0n) is 39.7. The number of benzene rings is 2. The van der Waals surface area contributed by atoms with Gasteiger partial charge in [0.2, 0.25) is 17.6 Å². The lowest BCUT2D eigenvalue weighted by molar-refractivity contribution is -0.140. The number of ketones is 1. The lowest BCUT2D eigenvalue weighted by atomic mass is 9.83. The van der Waals surface area contributed by atoms with E-state index in [9.17, 15) is 24.0 Å². The van der Waals surface area contributed by atoms with Crippen LogP contribution >= 0.6 is 11.3 Å². The molecule has 1 aromatic heterocycles. The van der Waals surface area contributed by atoms with Gasteiger partial charge >= 0.3 is 12.2 Å². The van der Waals surface area contributed by atoms with Crippen molar-refractivity contribution in [1.29, 1.82) is 0 Å². The predicted octanol–water partition coefficient (Wildman–Crippen LogP) is 6.73. The van der Waals surface area contributed by atoms with E-state index >= 15 is 0 Å². The zero-order valence-corrected chi connectivity index (χ0v) is 40.5. The molecular formula is C49H69N5O12S. The summed E-state index contributed by atoms with van der Waals surface area (Å²) in [5.74, 6) is -0.362. The van der Waals surface area contributed by atoms with Crippen LogP contribution in [0.5, 0.6) is 5.75 Å². The van der Waals surface area contributed by atoms with Crippen molar-refractivity contribution < 1.29 is 57.1 Å². The normalized spacial score (nSPS) is 16.2. The van der Waals surface area contributed by atoms with Gasteiger partial charge in [-0.2, -0.15) is 0 Å². The molecule has 3 aromatic rings. The number of rotatable bonds is 26. The van der Waals surface area contributed by atoms with Gasteiger partial charge in [0.05, 0.1) is 58.9 Å². The first kappa shape index (κ1) is 52.8. The van der Waals surface area contributed by atoms with Crippen LogP contribution in [0.2, 0.25) is 0 Å². The second-order valence-corrected chi connectivity index (χ2v) is 18.4. The van der Waals surface area contributed by atoms with Crippen molar-refractivity contribution >= 4 is 41.1 Å². The summed E-state index contributed by atoms with van der Waals surface area (Å²) in [6, 6.07) is 14.3. The van der Waals surface area contributed by atoms with Crippen molar-refractivity contribution in [3.8, 4) is 5.75 Å². The summed E-state index contributed by atoms with van der Waals surface area (Å²) < 4.78 is 38.6. The molecule has 1 saturated heterocycles. The molecule has 0 radical (unpaired) electrons. The lowest BCUT2D eigenvalue weighted by Crippen LogP contribution is -2.56. The third-order valence-corrected chi connectivity index (χ3v) is 12.3. The number of amides is 4. The Morgan fingerprint density at radius 1 is 0.821 bits per heavy atom. The highest BCUT2D eigenvalue weighted by atomic mass is 32.1. The van der Waals surface area contributed by atoms with Crippen molar-refractivity contribution in [3.05, 3.63) is 81.8 Å². The molecule has 2 aliphatic rings. The van der Waals surface area contributed by atoms with Crippen molar-refractivity contribution in [2.75, 3.05) is 79.6 Å². The maximum absolute atomic E-state index is 14.5. The van der Waals surface area contributed by atoms with Crippen LogP contribution in [-0.4, -0.2) is 142 Å². The Balaban J connectivity index is 1.02. The number of hydrogen-bond donors (Lipinski definition) is 2. The minimum atomic E-state index is -0.877. The van der Waals surface area contributed by atoms with Crippen molar-refractivity contribution in [2.45, 2.75) is 103 Å². The summed E-state index contributed by atoms with van der Waals surface area (Å²) in [5.41, 5.74) is 1.01. The average Bonchev–Trinajstić information content (AvgIpc) is 4.03. The first-order valence-electron chi connectivity index (χ1n) is 23.4. The fraction of sp³-hybridized carbons (Fsp3) is 0.592. The van der Waals surface area contributed by atoms with Crippen LogP contribution in [-0.2, 0) is 44.6 Å². The van der Waals surface area contributed by atoms with E-state index in [2.05, 4.69) is 10.6 Å². The third-order valence-electron chi connectivity index (χ3n) is 11.3. The Labute approximate surface area is 398 Å². The van der Waals surface area contributed by atoms with E-state index in [4.69, 9.17) is 38.1 Å². The Hall–Kier alpha value is -5.14. The average molecular weight is 952 g/mol. The highest BCUT2D eigenvalue weighted by molar-refractivity contribution is 7.10. The third kappa shape index (κ3) is 17.8. The molecule has 368 valence electrons. The number of nitrogens with one attached hydrogen (secondary N) is 2. The molecule has 3 atom stereocenters. The van der Waals surface area contributed by atoms with Crippen LogP contribution in [0.25, 0.3) is 0 Å². The standard InChI is InChI=1S/C49H69N5O12S/c1-35(53(5)48(59)65-33-36-14-8-6-9-15-36)44(56)52-42(37-16-10-7-11-17-37)46(57)54-22-13-20-41(54)45-51-40(34-67-45)43(55)38-18-12-19-39(32-38)64-31-30-63-29-28-62-27-26-61-25-24-60-23-21-50-47(58)66-49(2,3)4/h6,8-9,12,14-15,18-19,32,34-35,37,41-42H,7,10-11,13,16-17,20-31,33H2,1-5H3,(H,50,58)(H,52,56)/t35-,41-,42-/m0/s1. The number of carbonyl (C=O) groups excluding carboxylic acids is 5. The van der Waals surface area contributed by atoms with E-state index in [0.717, 1.165) is 44.1 Å². The number of aromatic nitrogens is 1. The van der Waals surface area contributed by atoms with E-state index in [-0.39, 0.29) is 42.6 Å². The minimum absolute atomic E-state index is 0.0402. The smallest absolute Gasteiger partial charge is 0.410 e. The van der Waals surface area contributed by atoms with Gasteiger partial charge in [0.25, 0.3) is 0 Å². The fourth-order valence-electron chi connectivity index (χ4n) is 7.68. The van der Waals surface area contributed by atoms with Crippen LogP contribution in [0.1, 0.15) is 105 Å². The number of thiazole rings is 1. The van der Waals surface area contributed by atoms with Gasteiger partial charge in [0.1, 0.15) is 47.3 Å². The highest BCUT2D eigenvalue weighted by Gasteiger charge is 2.41. The second-order valence-electron chi connectivity index (χ2n) is 17.6. The van der Waals surface area contributed by atoms with E-state index in [1.807, 2.05) is 35.2 Å². The summed E-state index contributed by atoms with van der Waals surface area (Å²) in [6.07, 6.45) is 5.00. The Kier molecular flexibility index (Phi) is 21.8. The fourth-order valence-corrected chi connectivity index (χ4v) is 8.63.